The van der Waals surface area contributed by atoms with Crippen molar-refractivity contribution in [3.05, 3.63) is 0 Å². The Hall–Kier alpha value is -0.0800. The third-order valence-electron chi connectivity index (χ3n) is 3.95. The fourth-order valence-corrected chi connectivity index (χ4v) is 2.89. The number of nitrogens with one attached hydrogen (secondary N) is 1. The van der Waals surface area contributed by atoms with Gasteiger partial charge in [0.2, 0.25) is 0 Å². The van der Waals surface area contributed by atoms with Gasteiger partial charge in [-0.25, -0.2) is 0 Å². The van der Waals surface area contributed by atoms with Gasteiger partial charge in [0, 0.05) is 6.04 Å². The number of rotatable bonds is 3. The molecule has 1 unspecified atom stereocenters. The highest BCUT2D eigenvalue weighted by molar-refractivity contribution is 4.99. The Morgan fingerprint density at radius 1 is 1.20 bits per heavy atom. The van der Waals surface area contributed by atoms with Crippen LogP contribution >= 0.6 is 0 Å². The van der Waals surface area contributed by atoms with Crippen LogP contribution in [0.2, 0.25) is 0 Å². The summed E-state index contributed by atoms with van der Waals surface area (Å²) >= 11 is 0. The second-order valence-corrected chi connectivity index (χ2v) is 6.43. The first-order valence-electron chi connectivity index (χ1n) is 6.33. The summed E-state index contributed by atoms with van der Waals surface area (Å²) in [6.07, 6.45) is 5.41. The normalized spacial score (nSPS) is 34.0. The predicted octanol–water partition coefficient (Wildman–Crippen LogP) is 2.72. The van der Waals surface area contributed by atoms with Gasteiger partial charge in [-0.1, -0.05) is 6.42 Å². The largest absolute Gasteiger partial charge is 0.368 e. The molecule has 0 aromatic carbocycles. The van der Waals surface area contributed by atoms with E-state index in [4.69, 9.17) is 4.74 Å². The molecular weight excluding hydrogens is 186 g/mol. The SMILES string of the molecule is CC1(C)CC(NCC2CCC2)C(C)(C)O1. The van der Waals surface area contributed by atoms with Crippen LogP contribution in [0.15, 0.2) is 0 Å². The molecule has 0 radical (unpaired) electrons. The monoisotopic (exact) mass is 211 g/mol. The molecule has 1 saturated carbocycles. The molecule has 1 atom stereocenters. The van der Waals surface area contributed by atoms with Gasteiger partial charge in [0.05, 0.1) is 11.2 Å². The molecule has 2 nitrogen and oxygen atoms in total. The van der Waals surface area contributed by atoms with Crippen LogP contribution in [0.3, 0.4) is 0 Å². The zero-order chi connectivity index (χ0) is 11.1. The van der Waals surface area contributed by atoms with Crippen molar-refractivity contribution in [1.29, 1.82) is 0 Å². The van der Waals surface area contributed by atoms with Gasteiger partial charge in [0.15, 0.2) is 0 Å². The summed E-state index contributed by atoms with van der Waals surface area (Å²) in [5.74, 6) is 0.935. The van der Waals surface area contributed by atoms with E-state index in [1.54, 1.807) is 0 Å². The maximum absolute atomic E-state index is 6.07. The van der Waals surface area contributed by atoms with E-state index in [1.165, 1.54) is 25.8 Å². The summed E-state index contributed by atoms with van der Waals surface area (Å²) in [5, 5.41) is 3.70. The fraction of sp³-hybridized carbons (Fsp3) is 1.00. The quantitative estimate of drug-likeness (QED) is 0.775. The van der Waals surface area contributed by atoms with Crippen molar-refractivity contribution in [2.75, 3.05) is 6.54 Å². The molecule has 0 spiro atoms. The molecule has 0 amide bonds. The van der Waals surface area contributed by atoms with E-state index in [0.717, 1.165) is 12.3 Å². The summed E-state index contributed by atoms with van der Waals surface area (Å²) < 4.78 is 6.07. The van der Waals surface area contributed by atoms with Crippen molar-refractivity contribution >= 4 is 0 Å². The average molecular weight is 211 g/mol. The smallest absolute Gasteiger partial charge is 0.0787 e. The molecule has 2 rings (SSSR count). The summed E-state index contributed by atoms with van der Waals surface area (Å²) in [6.45, 7) is 9.99. The van der Waals surface area contributed by atoms with Crippen LogP contribution in [0.5, 0.6) is 0 Å². The highest BCUT2D eigenvalue weighted by Gasteiger charge is 2.45. The zero-order valence-corrected chi connectivity index (χ0v) is 10.6. The first-order valence-corrected chi connectivity index (χ1v) is 6.33. The van der Waals surface area contributed by atoms with E-state index < -0.39 is 0 Å². The molecule has 2 fully saturated rings. The van der Waals surface area contributed by atoms with E-state index >= 15 is 0 Å². The van der Waals surface area contributed by atoms with Crippen LogP contribution in [0.25, 0.3) is 0 Å². The van der Waals surface area contributed by atoms with Crippen molar-refractivity contribution in [3.8, 4) is 0 Å². The first kappa shape index (κ1) is 11.4. The minimum absolute atomic E-state index is 0.00670. The lowest BCUT2D eigenvalue weighted by Gasteiger charge is -2.31. The molecule has 1 heterocycles. The Morgan fingerprint density at radius 3 is 2.27 bits per heavy atom. The molecule has 2 aliphatic rings. The lowest BCUT2D eigenvalue weighted by Crippen LogP contribution is -2.45. The molecule has 0 bridgehead atoms. The molecule has 88 valence electrons. The van der Waals surface area contributed by atoms with Crippen molar-refractivity contribution in [2.24, 2.45) is 5.92 Å². The van der Waals surface area contributed by atoms with Crippen LogP contribution in [-0.2, 0) is 4.74 Å². The standard InChI is InChI=1S/C13H25NO/c1-12(2)8-11(13(3,4)15-12)14-9-10-6-5-7-10/h10-11,14H,5-9H2,1-4H3. The summed E-state index contributed by atoms with van der Waals surface area (Å²) in [4.78, 5) is 0. The van der Waals surface area contributed by atoms with Gasteiger partial charge in [-0.2, -0.15) is 0 Å². The van der Waals surface area contributed by atoms with Gasteiger partial charge in [0.25, 0.3) is 0 Å². The number of hydrogen-bond donors (Lipinski definition) is 1. The van der Waals surface area contributed by atoms with Gasteiger partial charge >= 0.3 is 0 Å². The van der Waals surface area contributed by atoms with Crippen LogP contribution in [0.4, 0.5) is 0 Å². The van der Waals surface area contributed by atoms with Gasteiger partial charge < -0.3 is 10.1 Å². The van der Waals surface area contributed by atoms with E-state index in [1.807, 2.05) is 0 Å². The van der Waals surface area contributed by atoms with Crippen molar-refractivity contribution in [1.82, 2.24) is 5.32 Å². The van der Waals surface area contributed by atoms with Gasteiger partial charge in [0.1, 0.15) is 0 Å². The van der Waals surface area contributed by atoms with Crippen molar-refractivity contribution in [2.45, 2.75) is 70.6 Å². The van der Waals surface area contributed by atoms with E-state index in [-0.39, 0.29) is 11.2 Å². The highest BCUT2D eigenvalue weighted by atomic mass is 16.5. The maximum atomic E-state index is 6.07. The molecule has 1 saturated heterocycles. The van der Waals surface area contributed by atoms with Crippen LogP contribution in [0.1, 0.15) is 53.4 Å². The Labute approximate surface area is 93.8 Å². The summed E-state index contributed by atoms with van der Waals surface area (Å²) in [6, 6.07) is 0.521. The lowest BCUT2D eigenvalue weighted by atomic mass is 9.84. The van der Waals surface area contributed by atoms with Gasteiger partial charge in [-0.3, -0.25) is 0 Å². The molecule has 1 N–H and O–H groups in total. The Morgan fingerprint density at radius 2 is 1.87 bits per heavy atom. The average Bonchev–Trinajstić information content (AvgIpc) is 2.16. The second kappa shape index (κ2) is 3.74. The molecule has 15 heavy (non-hydrogen) atoms. The number of hydrogen-bond acceptors (Lipinski definition) is 2. The van der Waals surface area contributed by atoms with Gasteiger partial charge in [-0.05, 0) is 59.4 Å². The summed E-state index contributed by atoms with van der Waals surface area (Å²) in [5.41, 5.74) is 0.0357. The van der Waals surface area contributed by atoms with Gasteiger partial charge in [-0.15, -0.1) is 0 Å². The Bertz CT molecular complexity index is 231. The Kier molecular flexibility index (Phi) is 2.85. The molecular formula is C13H25NO. The lowest BCUT2D eigenvalue weighted by molar-refractivity contribution is -0.0701. The fourth-order valence-electron chi connectivity index (χ4n) is 2.89. The minimum atomic E-state index is -0.00670. The minimum Gasteiger partial charge on any atom is -0.368 e. The Balaban J connectivity index is 1.85. The molecule has 2 heteroatoms. The molecule has 1 aliphatic heterocycles. The molecule has 0 aromatic heterocycles. The highest BCUT2D eigenvalue weighted by Crippen LogP contribution is 2.37. The molecule has 1 aliphatic carbocycles. The van der Waals surface area contributed by atoms with E-state index in [2.05, 4.69) is 33.0 Å². The number of ether oxygens (including phenoxy) is 1. The van der Waals surface area contributed by atoms with E-state index in [0.29, 0.717) is 6.04 Å². The van der Waals surface area contributed by atoms with Crippen molar-refractivity contribution < 1.29 is 4.74 Å². The third kappa shape index (κ3) is 2.54. The third-order valence-corrected chi connectivity index (χ3v) is 3.95. The van der Waals surface area contributed by atoms with Crippen molar-refractivity contribution in [3.63, 3.8) is 0 Å². The van der Waals surface area contributed by atoms with Crippen LogP contribution in [0, 0.1) is 5.92 Å². The second-order valence-electron chi connectivity index (χ2n) is 6.43. The topological polar surface area (TPSA) is 21.3 Å². The van der Waals surface area contributed by atoms with E-state index in [9.17, 15) is 0 Å². The summed E-state index contributed by atoms with van der Waals surface area (Å²) in [7, 11) is 0. The predicted molar refractivity (Wildman–Crippen MR) is 63.0 cm³/mol. The van der Waals surface area contributed by atoms with Crippen LogP contribution in [-0.4, -0.2) is 23.8 Å². The first-order chi connectivity index (χ1) is 6.89. The molecule has 0 aromatic rings. The van der Waals surface area contributed by atoms with Crippen LogP contribution < -0.4 is 5.32 Å². The maximum Gasteiger partial charge on any atom is 0.0787 e. The zero-order valence-electron chi connectivity index (χ0n) is 10.6.